The van der Waals surface area contributed by atoms with E-state index in [1.807, 2.05) is 11.8 Å². The van der Waals surface area contributed by atoms with E-state index in [2.05, 4.69) is 0 Å². The molecule has 0 aromatic carbocycles. The van der Waals surface area contributed by atoms with Crippen molar-refractivity contribution in [1.82, 2.24) is 9.80 Å². The molecule has 5 heteroatoms. The number of urea groups is 1. The third kappa shape index (κ3) is 3.87. The van der Waals surface area contributed by atoms with Crippen LogP contribution in [0.4, 0.5) is 4.79 Å². The summed E-state index contributed by atoms with van der Waals surface area (Å²) in [6.45, 7) is 3.09. The summed E-state index contributed by atoms with van der Waals surface area (Å²) in [4.78, 5) is 27.3. The van der Waals surface area contributed by atoms with Gasteiger partial charge in [0, 0.05) is 25.2 Å². The van der Waals surface area contributed by atoms with Crippen molar-refractivity contribution >= 4 is 12.0 Å². The molecule has 0 saturated heterocycles. The lowest BCUT2D eigenvalue weighted by atomic mass is 9.94. The summed E-state index contributed by atoms with van der Waals surface area (Å²) in [5, 5.41) is 8.84. The predicted molar refractivity (Wildman–Crippen MR) is 76.6 cm³/mol. The van der Waals surface area contributed by atoms with E-state index in [-0.39, 0.29) is 18.5 Å². The smallest absolute Gasteiger partial charge is 0.320 e. The minimum absolute atomic E-state index is 0.0461. The van der Waals surface area contributed by atoms with E-state index >= 15 is 0 Å². The molecule has 0 bridgehead atoms. The molecule has 0 unspecified atom stereocenters. The first-order valence-electron chi connectivity index (χ1n) is 7.92. The van der Waals surface area contributed by atoms with Gasteiger partial charge >= 0.3 is 12.0 Å². The molecular formula is C15H26N2O3. The Morgan fingerprint density at radius 2 is 1.60 bits per heavy atom. The van der Waals surface area contributed by atoms with Gasteiger partial charge in [-0.3, -0.25) is 4.79 Å². The van der Waals surface area contributed by atoms with E-state index < -0.39 is 5.97 Å². The molecule has 0 aliphatic heterocycles. The summed E-state index contributed by atoms with van der Waals surface area (Å²) in [6.07, 6.45) is 7.95. The SMILES string of the molecule is CCN(C(=O)N(CCC(=O)O)C1CC1)C1CCCCC1. The number of carboxylic acid groups (broad SMARTS) is 1. The van der Waals surface area contributed by atoms with Gasteiger partial charge in [-0.05, 0) is 32.6 Å². The minimum atomic E-state index is -0.829. The molecule has 0 aromatic heterocycles. The number of nitrogens with zero attached hydrogens (tertiary/aromatic N) is 2. The zero-order valence-electron chi connectivity index (χ0n) is 12.4. The topological polar surface area (TPSA) is 60.9 Å². The molecule has 2 fully saturated rings. The van der Waals surface area contributed by atoms with E-state index in [9.17, 15) is 9.59 Å². The number of aliphatic carboxylic acids is 1. The summed E-state index contributed by atoms with van der Waals surface area (Å²) >= 11 is 0. The van der Waals surface area contributed by atoms with E-state index in [0.717, 1.165) is 32.2 Å². The van der Waals surface area contributed by atoms with Crippen molar-refractivity contribution in [3.8, 4) is 0 Å². The van der Waals surface area contributed by atoms with E-state index in [1.54, 1.807) is 4.90 Å². The van der Waals surface area contributed by atoms with Crippen LogP contribution in [0.2, 0.25) is 0 Å². The molecule has 0 radical (unpaired) electrons. The van der Waals surface area contributed by atoms with Crippen LogP contribution in [0.1, 0.15) is 58.3 Å². The van der Waals surface area contributed by atoms with Gasteiger partial charge in [-0.25, -0.2) is 4.79 Å². The van der Waals surface area contributed by atoms with Crippen LogP contribution in [0.15, 0.2) is 0 Å². The number of hydrogen-bond donors (Lipinski definition) is 1. The molecule has 114 valence electrons. The molecule has 0 heterocycles. The highest BCUT2D eigenvalue weighted by Gasteiger charge is 2.36. The second-order valence-electron chi connectivity index (χ2n) is 5.93. The highest BCUT2D eigenvalue weighted by atomic mass is 16.4. The lowest BCUT2D eigenvalue weighted by Gasteiger charge is -2.37. The third-order valence-electron chi connectivity index (χ3n) is 4.40. The fourth-order valence-electron chi connectivity index (χ4n) is 3.14. The maximum absolute atomic E-state index is 12.7. The maximum atomic E-state index is 12.7. The molecule has 0 aromatic rings. The highest BCUT2D eigenvalue weighted by Crippen LogP contribution is 2.30. The Hall–Kier alpha value is -1.26. The fourth-order valence-corrected chi connectivity index (χ4v) is 3.14. The first-order valence-corrected chi connectivity index (χ1v) is 7.92. The van der Waals surface area contributed by atoms with Gasteiger partial charge in [0.15, 0.2) is 0 Å². The van der Waals surface area contributed by atoms with Gasteiger partial charge < -0.3 is 14.9 Å². The normalized spacial score (nSPS) is 19.6. The van der Waals surface area contributed by atoms with E-state index in [0.29, 0.717) is 12.6 Å². The van der Waals surface area contributed by atoms with Gasteiger partial charge in [0.2, 0.25) is 0 Å². The van der Waals surface area contributed by atoms with Crippen molar-refractivity contribution < 1.29 is 14.7 Å². The van der Waals surface area contributed by atoms with Crippen LogP contribution in [0.5, 0.6) is 0 Å². The number of carboxylic acids is 1. The number of amides is 2. The van der Waals surface area contributed by atoms with Crippen molar-refractivity contribution in [1.29, 1.82) is 0 Å². The zero-order chi connectivity index (χ0) is 14.5. The fraction of sp³-hybridized carbons (Fsp3) is 0.867. The first-order chi connectivity index (χ1) is 9.63. The summed E-state index contributed by atoms with van der Waals surface area (Å²) in [6, 6.07) is 0.690. The van der Waals surface area contributed by atoms with Crippen LogP contribution >= 0.6 is 0 Å². The van der Waals surface area contributed by atoms with Crippen molar-refractivity contribution in [2.24, 2.45) is 0 Å². The largest absolute Gasteiger partial charge is 0.481 e. The van der Waals surface area contributed by atoms with Crippen LogP contribution in [0, 0.1) is 0 Å². The molecule has 2 amide bonds. The van der Waals surface area contributed by atoms with Gasteiger partial charge in [0.25, 0.3) is 0 Å². The molecule has 1 N–H and O–H groups in total. The molecule has 2 aliphatic rings. The molecule has 2 aliphatic carbocycles. The molecule has 0 atom stereocenters. The van der Waals surface area contributed by atoms with Crippen LogP contribution < -0.4 is 0 Å². The average Bonchev–Trinajstić information content (AvgIpc) is 3.25. The van der Waals surface area contributed by atoms with Gasteiger partial charge in [0.05, 0.1) is 6.42 Å². The van der Waals surface area contributed by atoms with Crippen LogP contribution in [0.3, 0.4) is 0 Å². The van der Waals surface area contributed by atoms with Crippen molar-refractivity contribution in [3.63, 3.8) is 0 Å². The molecule has 20 heavy (non-hydrogen) atoms. The number of carbonyl (C=O) groups excluding carboxylic acids is 1. The van der Waals surface area contributed by atoms with Gasteiger partial charge in [-0.2, -0.15) is 0 Å². The Morgan fingerprint density at radius 3 is 2.10 bits per heavy atom. The minimum Gasteiger partial charge on any atom is -0.481 e. The Labute approximate surface area is 120 Å². The standard InChI is InChI=1S/C15H26N2O3/c1-2-16(12-6-4-3-5-7-12)15(20)17(13-8-9-13)11-10-14(18)19/h12-13H,2-11H2,1H3,(H,18,19). The lowest BCUT2D eigenvalue weighted by Crippen LogP contribution is -2.50. The molecule has 5 nitrogen and oxygen atoms in total. The quantitative estimate of drug-likeness (QED) is 0.814. The highest BCUT2D eigenvalue weighted by molar-refractivity contribution is 5.76. The Balaban J connectivity index is 1.98. The summed E-state index contributed by atoms with van der Waals surface area (Å²) in [5.74, 6) is -0.829. The van der Waals surface area contributed by atoms with E-state index in [4.69, 9.17) is 5.11 Å². The van der Waals surface area contributed by atoms with Crippen molar-refractivity contribution in [2.45, 2.75) is 70.4 Å². The number of hydrogen-bond acceptors (Lipinski definition) is 2. The summed E-state index contributed by atoms with van der Waals surface area (Å²) in [5.41, 5.74) is 0. The monoisotopic (exact) mass is 282 g/mol. The molecular weight excluding hydrogens is 256 g/mol. The second-order valence-corrected chi connectivity index (χ2v) is 5.93. The van der Waals surface area contributed by atoms with Crippen molar-refractivity contribution in [3.05, 3.63) is 0 Å². The maximum Gasteiger partial charge on any atom is 0.320 e. The Kier molecular flexibility index (Phi) is 5.26. The van der Waals surface area contributed by atoms with Gasteiger partial charge in [0.1, 0.15) is 0 Å². The molecule has 2 saturated carbocycles. The third-order valence-corrected chi connectivity index (χ3v) is 4.40. The predicted octanol–water partition coefficient (Wildman–Crippen LogP) is 2.70. The number of carbonyl (C=O) groups is 2. The molecule has 2 rings (SSSR count). The van der Waals surface area contributed by atoms with Crippen LogP contribution in [-0.2, 0) is 4.79 Å². The second kappa shape index (κ2) is 6.95. The van der Waals surface area contributed by atoms with Gasteiger partial charge in [-0.15, -0.1) is 0 Å². The van der Waals surface area contributed by atoms with Crippen LogP contribution in [-0.4, -0.2) is 52.1 Å². The Bertz CT molecular complexity index is 349. The Morgan fingerprint density at radius 1 is 1.00 bits per heavy atom. The average molecular weight is 282 g/mol. The number of rotatable bonds is 6. The lowest BCUT2D eigenvalue weighted by molar-refractivity contribution is -0.137. The van der Waals surface area contributed by atoms with Crippen LogP contribution in [0.25, 0.3) is 0 Å². The summed E-state index contributed by atoms with van der Waals surface area (Å²) < 4.78 is 0. The zero-order valence-corrected chi connectivity index (χ0v) is 12.4. The summed E-state index contributed by atoms with van der Waals surface area (Å²) in [7, 11) is 0. The van der Waals surface area contributed by atoms with Crippen molar-refractivity contribution in [2.75, 3.05) is 13.1 Å². The first kappa shape index (κ1) is 15.1. The van der Waals surface area contributed by atoms with Gasteiger partial charge in [-0.1, -0.05) is 19.3 Å². The van der Waals surface area contributed by atoms with E-state index in [1.165, 1.54) is 19.3 Å². The molecule has 0 spiro atoms.